The molecule has 2 amide bonds. The zero-order valence-electron chi connectivity index (χ0n) is 17.4. The zero-order chi connectivity index (χ0) is 22.9. The molecule has 5 rings (SSSR count). The Hall–Kier alpha value is -2.80. The Labute approximate surface area is 209 Å². The third kappa shape index (κ3) is 4.51. The fourth-order valence-corrected chi connectivity index (χ4v) is 5.38. The highest BCUT2D eigenvalue weighted by molar-refractivity contribution is 9.10. The number of fused-ring (bicyclic) bond motifs is 1. The van der Waals surface area contributed by atoms with Crippen LogP contribution in [0.2, 0.25) is 5.02 Å². The minimum atomic E-state index is -0.271. The number of aromatic nitrogens is 1. The van der Waals surface area contributed by atoms with Crippen LogP contribution >= 0.6 is 39.3 Å². The maximum absolute atomic E-state index is 13.1. The number of hydrogen-bond acceptors (Lipinski definition) is 3. The SMILES string of the molecule is O=C1S/C(=C\c2cn(Cc3cccc(Cl)c3)c3ccccc23)C(=O)N1Cc1ccccc1Br. The van der Waals surface area contributed by atoms with Crippen molar-refractivity contribution in [3.63, 3.8) is 0 Å². The van der Waals surface area contributed by atoms with Crippen LogP contribution in [0.15, 0.2) is 88.4 Å². The molecule has 0 bridgehead atoms. The Balaban J connectivity index is 1.47. The van der Waals surface area contributed by atoms with Crippen molar-refractivity contribution in [2.75, 3.05) is 0 Å². The van der Waals surface area contributed by atoms with Crippen molar-refractivity contribution in [3.05, 3.63) is 110 Å². The molecule has 0 N–H and O–H groups in total. The van der Waals surface area contributed by atoms with Crippen molar-refractivity contribution < 1.29 is 9.59 Å². The summed E-state index contributed by atoms with van der Waals surface area (Å²) in [6.07, 6.45) is 3.84. The van der Waals surface area contributed by atoms with E-state index in [1.165, 1.54) is 4.90 Å². The first-order chi connectivity index (χ1) is 16.0. The van der Waals surface area contributed by atoms with Crippen molar-refractivity contribution >= 4 is 67.4 Å². The molecule has 0 spiro atoms. The zero-order valence-corrected chi connectivity index (χ0v) is 20.5. The molecule has 4 nitrogen and oxygen atoms in total. The average Bonchev–Trinajstić information content (AvgIpc) is 3.27. The lowest BCUT2D eigenvalue weighted by Gasteiger charge is -2.13. The Kier molecular flexibility index (Phi) is 6.15. The number of rotatable bonds is 5. The molecule has 0 saturated carbocycles. The molecule has 2 heterocycles. The number of carbonyl (C=O) groups is 2. The quantitative estimate of drug-likeness (QED) is 0.250. The van der Waals surface area contributed by atoms with Gasteiger partial charge in [-0.05, 0) is 53.2 Å². The second kappa shape index (κ2) is 9.21. The summed E-state index contributed by atoms with van der Waals surface area (Å²) < 4.78 is 3.01. The summed E-state index contributed by atoms with van der Waals surface area (Å²) in [6, 6.07) is 23.4. The average molecular weight is 538 g/mol. The van der Waals surface area contributed by atoms with Crippen LogP contribution in [0.4, 0.5) is 4.79 Å². The lowest BCUT2D eigenvalue weighted by Crippen LogP contribution is -2.27. The summed E-state index contributed by atoms with van der Waals surface area (Å²) in [5, 5.41) is 1.46. The monoisotopic (exact) mass is 536 g/mol. The van der Waals surface area contributed by atoms with Gasteiger partial charge >= 0.3 is 0 Å². The predicted molar refractivity (Wildman–Crippen MR) is 138 cm³/mol. The van der Waals surface area contributed by atoms with E-state index >= 15 is 0 Å². The van der Waals surface area contributed by atoms with Gasteiger partial charge in [0.15, 0.2) is 0 Å². The number of nitrogens with zero attached hydrogens (tertiary/aromatic N) is 2. The van der Waals surface area contributed by atoms with Gasteiger partial charge in [-0.2, -0.15) is 0 Å². The van der Waals surface area contributed by atoms with Gasteiger partial charge in [-0.25, -0.2) is 0 Å². The third-order valence-corrected chi connectivity index (χ3v) is 7.42. The van der Waals surface area contributed by atoms with E-state index in [1.807, 2.05) is 79.0 Å². The molecule has 1 aromatic heterocycles. The van der Waals surface area contributed by atoms with Crippen molar-refractivity contribution in [1.82, 2.24) is 9.47 Å². The van der Waals surface area contributed by atoms with Crippen molar-refractivity contribution in [1.29, 1.82) is 0 Å². The molecule has 0 aliphatic carbocycles. The van der Waals surface area contributed by atoms with Crippen LogP contribution in [-0.4, -0.2) is 20.6 Å². The number of thioether (sulfide) groups is 1. The molecule has 33 heavy (non-hydrogen) atoms. The van der Waals surface area contributed by atoms with Gasteiger partial charge in [0.25, 0.3) is 11.1 Å². The van der Waals surface area contributed by atoms with Crippen LogP contribution in [0.1, 0.15) is 16.7 Å². The van der Waals surface area contributed by atoms with E-state index < -0.39 is 0 Å². The lowest BCUT2D eigenvalue weighted by atomic mass is 10.1. The number of amides is 2. The van der Waals surface area contributed by atoms with Gasteiger partial charge in [-0.15, -0.1) is 0 Å². The summed E-state index contributed by atoms with van der Waals surface area (Å²) in [5.41, 5.74) is 3.93. The molecule has 1 fully saturated rings. The number of benzene rings is 3. The largest absolute Gasteiger partial charge is 0.342 e. The molecule has 0 unspecified atom stereocenters. The van der Waals surface area contributed by atoms with Crippen LogP contribution in [-0.2, 0) is 17.9 Å². The highest BCUT2D eigenvalue weighted by Gasteiger charge is 2.35. The first-order valence-corrected chi connectivity index (χ1v) is 12.3. The first kappa shape index (κ1) is 22.0. The van der Waals surface area contributed by atoms with Gasteiger partial charge in [0.1, 0.15) is 0 Å². The summed E-state index contributed by atoms with van der Waals surface area (Å²) in [5.74, 6) is -0.271. The molecule has 1 aliphatic heterocycles. The van der Waals surface area contributed by atoms with Crippen LogP contribution in [0, 0.1) is 0 Å². The van der Waals surface area contributed by atoms with Gasteiger partial charge in [0.05, 0.1) is 11.4 Å². The van der Waals surface area contributed by atoms with Crippen LogP contribution < -0.4 is 0 Å². The number of halogens is 2. The fourth-order valence-electron chi connectivity index (χ4n) is 3.93. The summed E-state index contributed by atoms with van der Waals surface area (Å²) in [4.78, 5) is 27.4. The lowest BCUT2D eigenvalue weighted by molar-refractivity contribution is -0.123. The molecule has 1 aliphatic rings. The Morgan fingerprint density at radius 1 is 0.939 bits per heavy atom. The number of imide groups is 1. The van der Waals surface area contributed by atoms with Gasteiger partial charge in [-0.3, -0.25) is 14.5 Å². The smallest absolute Gasteiger partial charge is 0.293 e. The maximum Gasteiger partial charge on any atom is 0.293 e. The predicted octanol–water partition coefficient (Wildman–Crippen LogP) is 7.34. The number of carbonyl (C=O) groups excluding carboxylic acids is 2. The minimum Gasteiger partial charge on any atom is -0.342 e. The molecule has 7 heteroatoms. The van der Waals surface area contributed by atoms with Crippen molar-refractivity contribution in [2.24, 2.45) is 0 Å². The number of para-hydroxylation sites is 1. The second-order valence-corrected chi connectivity index (χ2v) is 10.0. The Morgan fingerprint density at radius 2 is 1.73 bits per heavy atom. The van der Waals surface area contributed by atoms with E-state index in [4.69, 9.17) is 11.6 Å². The summed E-state index contributed by atoms with van der Waals surface area (Å²) >= 11 is 10.6. The standard InChI is InChI=1S/C26H18BrClN2O2S/c27-22-10-3-1-7-18(22)16-30-25(31)24(33-26(30)32)13-19-15-29(23-11-4-2-9-21(19)23)14-17-6-5-8-20(28)12-17/h1-13,15H,14,16H2/b24-13-. The molecule has 3 aromatic carbocycles. The second-order valence-electron chi connectivity index (χ2n) is 7.72. The van der Waals surface area contributed by atoms with Gasteiger partial charge < -0.3 is 4.57 Å². The molecular weight excluding hydrogens is 520 g/mol. The maximum atomic E-state index is 13.1. The Morgan fingerprint density at radius 3 is 2.55 bits per heavy atom. The summed E-state index contributed by atoms with van der Waals surface area (Å²) in [7, 11) is 0. The van der Waals surface area contributed by atoms with Crippen LogP contribution in [0.25, 0.3) is 17.0 Å². The molecule has 4 aromatic rings. The van der Waals surface area contributed by atoms with E-state index in [0.29, 0.717) is 16.5 Å². The highest BCUT2D eigenvalue weighted by Crippen LogP contribution is 2.35. The van der Waals surface area contributed by atoms with Crippen molar-refractivity contribution in [2.45, 2.75) is 13.1 Å². The van der Waals surface area contributed by atoms with Gasteiger partial charge in [0.2, 0.25) is 0 Å². The Bertz CT molecular complexity index is 1430. The molecule has 164 valence electrons. The van der Waals surface area contributed by atoms with E-state index in [2.05, 4.69) is 26.6 Å². The third-order valence-electron chi connectivity index (χ3n) is 5.51. The van der Waals surface area contributed by atoms with Gasteiger partial charge in [-0.1, -0.05) is 76.1 Å². The molecule has 0 atom stereocenters. The van der Waals surface area contributed by atoms with E-state index in [1.54, 1.807) is 0 Å². The molecule has 1 saturated heterocycles. The topological polar surface area (TPSA) is 42.3 Å². The first-order valence-electron chi connectivity index (χ1n) is 10.3. The van der Waals surface area contributed by atoms with Gasteiger partial charge in [0, 0.05) is 38.7 Å². The molecular formula is C26H18BrClN2O2S. The fraction of sp³-hybridized carbons (Fsp3) is 0.0769. The van der Waals surface area contributed by atoms with Crippen LogP contribution in [0.3, 0.4) is 0 Å². The van der Waals surface area contributed by atoms with E-state index in [-0.39, 0.29) is 17.7 Å². The normalized spacial score (nSPS) is 15.2. The van der Waals surface area contributed by atoms with Crippen molar-refractivity contribution in [3.8, 4) is 0 Å². The summed E-state index contributed by atoms with van der Waals surface area (Å²) in [6.45, 7) is 0.887. The number of hydrogen-bond donors (Lipinski definition) is 0. The molecule has 0 radical (unpaired) electrons. The highest BCUT2D eigenvalue weighted by atomic mass is 79.9. The van der Waals surface area contributed by atoms with E-state index in [9.17, 15) is 9.59 Å². The van der Waals surface area contributed by atoms with E-state index in [0.717, 1.165) is 43.8 Å². The van der Waals surface area contributed by atoms with Crippen LogP contribution in [0.5, 0.6) is 0 Å². The minimum absolute atomic E-state index is 0.236.